The van der Waals surface area contributed by atoms with Crippen molar-refractivity contribution >= 4 is 17.5 Å². The first-order valence-corrected chi connectivity index (χ1v) is 7.10. The molecule has 0 atom stereocenters. The summed E-state index contributed by atoms with van der Waals surface area (Å²) in [6.07, 6.45) is 1.31. The summed E-state index contributed by atoms with van der Waals surface area (Å²) >= 11 is 0. The van der Waals surface area contributed by atoms with Gasteiger partial charge in [0.05, 0.1) is 13.7 Å². The number of rotatable bonds is 7. The molecule has 1 aromatic carbocycles. The number of nitrogens with one attached hydrogen (secondary N) is 1. The average Bonchev–Trinajstić information content (AvgIpc) is 2.45. The van der Waals surface area contributed by atoms with E-state index in [1.165, 1.54) is 4.90 Å². The molecule has 0 saturated carbocycles. The number of carbonyl (C=O) groups is 2. The number of methoxy groups -OCH3 is 1. The second-order valence-corrected chi connectivity index (χ2v) is 5.46. The van der Waals surface area contributed by atoms with Gasteiger partial charge in [-0.3, -0.25) is 9.59 Å². The zero-order valence-electron chi connectivity index (χ0n) is 13.2. The maximum absolute atomic E-state index is 11.9. The third-order valence-electron chi connectivity index (χ3n) is 3.12. The number of hydrogen-bond donors (Lipinski definition) is 1. The van der Waals surface area contributed by atoms with Gasteiger partial charge in [0.15, 0.2) is 0 Å². The lowest BCUT2D eigenvalue weighted by Gasteiger charge is -2.17. The van der Waals surface area contributed by atoms with Gasteiger partial charge in [-0.25, -0.2) is 0 Å². The van der Waals surface area contributed by atoms with E-state index in [0.717, 1.165) is 12.2 Å². The highest BCUT2D eigenvalue weighted by Crippen LogP contribution is 2.15. The van der Waals surface area contributed by atoms with Crippen LogP contribution in [0, 0.1) is 5.92 Å². The van der Waals surface area contributed by atoms with Gasteiger partial charge in [0.1, 0.15) is 5.75 Å². The largest absolute Gasteiger partial charge is 0.497 e. The van der Waals surface area contributed by atoms with Crippen LogP contribution in [-0.4, -0.2) is 37.4 Å². The van der Waals surface area contributed by atoms with E-state index in [1.54, 1.807) is 38.4 Å². The van der Waals surface area contributed by atoms with Gasteiger partial charge in [0, 0.05) is 19.2 Å². The van der Waals surface area contributed by atoms with Crippen LogP contribution >= 0.6 is 0 Å². The Morgan fingerprint density at radius 1 is 1.24 bits per heavy atom. The Labute approximate surface area is 126 Å². The summed E-state index contributed by atoms with van der Waals surface area (Å²) in [6, 6.07) is 7.06. The third-order valence-corrected chi connectivity index (χ3v) is 3.12. The SMILES string of the molecule is COc1ccc(NC(=O)CN(C)C(=O)CCC(C)C)cc1. The van der Waals surface area contributed by atoms with Crippen LogP contribution in [0.25, 0.3) is 0 Å². The monoisotopic (exact) mass is 292 g/mol. The minimum Gasteiger partial charge on any atom is -0.497 e. The minimum atomic E-state index is -0.208. The summed E-state index contributed by atoms with van der Waals surface area (Å²) in [5.41, 5.74) is 0.684. The van der Waals surface area contributed by atoms with Crippen LogP contribution in [0.5, 0.6) is 5.75 Å². The zero-order valence-corrected chi connectivity index (χ0v) is 13.2. The van der Waals surface area contributed by atoms with E-state index in [4.69, 9.17) is 4.74 Å². The molecule has 0 heterocycles. The summed E-state index contributed by atoms with van der Waals surface area (Å²) in [7, 11) is 3.24. The number of hydrogen-bond acceptors (Lipinski definition) is 3. The Morgan fingerprint density at radius 2 is 1.86 bits per heavy atom. The highest BCUT2D eigenvalue weighted by molar-refractivity contribution is 5.94. The highest BCUT2D eigenvalue weighted by Gasteiger charge is 2.13. The van der Waals surface area contributed by atoms with Crippen molar-refractivity contribution in [2.45, 2.75) is 26.7 Å². The molecule has 0 saturated heterocycles. The van der Waals surface area contributed by atoms with E-state index < -0.39 is 0 Å². The van der Waals surface area contributed by atoms with Crippen molar-refractivity contribution in [2.24, 2.45) is 5.92 Å². The van der Waals surface area contributed by atoms with Crippen molar-refractivity contribution in [1.29, 1.82) is 0 Å². The predicted octanol–water partition coefficient (Wildman–Crippen LogP) is 2.53. The van der Waals surface area contributed by atoms with Gasteiger partial charge in [-0.15, -0.1) is 0 Å². The molecule has 0 fully saturated rings. The molecule has 0 aliphatic carbocycles. The first kappa shape index (κ1) is 17.0. The summed E-state index contributed by atoms with van der Waals surface area (Å²) in [4.78, 5) is 25.2. The van der Waals surface area contributed by atoms with Crippen LogP contribution in [0.15, 0.2) is 24.3 Å². The molecule has 21 heavy (non-hydrogen) atoms. The lowest BCUT2D eigenvalue weighted by atomic mass is 10.1. The predicted molar refractivity (Wildman–Crippen MR) is 83.3 cm³/mol. The Kier molecular flexibility index (Phi) is 6.72. The molecule has 0 unspecified atom stereocenters. The second kappa shape index (κ2) is 8.29. The molecule has 116 valence electrons. The lowest BCUT2D eigenvalue weighted by Crippen LogP contribution is -2.34. The molecule has 0 radical (unpaired) electrons. The molecule has 0 bridgehead atoms. The standard InChI is InChI=1S/C16H24N2O3/c1-12(2)5-10-16(20)18(3)11-15(19)17-13-6-8-14(21-4)9-7-13/h6-9,12H,5,10-11H2,1-4H3,(H,17,19). The fourth-order valence-electron chi connectivity index (χ4n) is 1.78. The topological polar surface area (TPSA) is 58.6 Å². The van der Waals surface area contributed by atoms with Crippen molar-refractivity contribution < 1.29 is 14.3 Å². The van der Waals surface area contributed by atoms with Crippen LogP contribution in [0.2, 0.25) is 0 Å². The Morgan fingerprint density at radius 3 is 2.38 bits per heavy atom. The van der Waals surface area contributed by atoms with E-state index in [2.05, 4.69) is 19.2 Å². The molecule has 1 N–H and O–H groups in total. The fraction of sp³-hybridized carbons (Fsp3) is 0.500. The van der Waals surface area contributed by atoms with Crippen LogP contribution in [0.1, 0.15) is 26.7 Å². The van der Waals surface area contributed by atoms with Crippen molar-refractivity contribution in [2.75, 3.05) is 26.0 Å². The van der Waals surface area contributed by atoms with Crippen molar-refractivity contribution in [1.82, 2.24) is 4.90 Å². The van der Waals surface area contributed by atoms with Crippen LogP contribution in [-0.2, 0) is 9.59 Å². The van der Waals surface area contributed by atoms with E-state index in [-0.39, 0.29) is 18.4 Å². The highest BCUT2D eigenvalue weighted by atomic mass is 16.5. The quantitative estimate of drug-likeness (QED) is 0.840. The van der Waals surface area contributed by atoms with Crippen molar-refractivity contribution in [3.05, 3.63) is 24.3 Å². The van der Waals surface area contributed by atoms with E-state index >= 15 is 0 Å². The molecular weight excluding hydrogens is 268 g/mol. The van der Waals surface area contributed by atoms with E-state index in [0.29, 0.717) is 18.0 Å². The van der Waals surface area contributed by atoms with Gasteiger partial charge in [-0.1, -0.05) is 13.8 Å². The fourth-order valence-corrected chi connectivity index (χ4v) is 1.78. The number of benzene rings is 1. The third kappa shape index (κ3) is 6.29. The van der Waals surface area contributed by atoms with E-state index in [9.17, 15) is 9.59 Å². The van der Waals surface area contributed by atoms with Crippen molar-refractivity contribution in [3.63, 3.8) is 0 Å². The Bertz CT molecular complexity index is 469. The number of amides is 2. The first-order chi connectivity index (χ1) is 9.92. The maximum atomic E-state index is 11.9. The van der Waals surface area contributed by atoms with Crippen LogP contribution in [0.4, 0.5) is 5.69 Å². The normalized spacial score (nSPS) is 10.3. The van der Waals surface area contributed by atoms with Gasteiger partial charge in [0.2, 0.25) is 11.8 Å². The molecule has 0 spiro atoms. The lowest BCUT2D eigenvalue weighted by molar-refractivity contribution is -0.133. The summed E-state index contributed by atoms with van der Waals surface area (Å²) in [5, 5.41) is 2.76. The molecule has 0 aliphatic heterocycles. The smallest absolute Gasteiger partial charge is 0.243 e. The molecule has 2 amide bonds. The van der Waals surface area contributed by atoms with Gasteiger partial charge < -0.3 is 15.0 Å². The number of nitrogens with zero attached hydrogens (tertiary/aromatic N) is 1. The number of carbonyl (C=O) groups excluding carboxylic acids is 2. The van der Waals surface area contributed by atoms with Gasteiger partial charge >= 0.3 is 0 Å². The second-order valence-electron chi connectivity index (χ2n) is 5.46. The number of likely N-dealkylation sites (N-methyl/N-ethyl adjacent to an activating group) is 1. The molecule has 0 aliphatic rings. The van der Waals surface area contributed by atoms with Gasteiger partial charge in [0.25, 0.3) is 0 Å². The molecule has 0 aromatic heterocycles. The summed E-state index contributed by atoms with van der Waals surface area (Å²) < 4.78 is 5.05. The van der Waals surface area contributed by atoms with Gasteiger partial charge in [-0.2, -0.15) is 0 Å². The van der Waals surface area contributed by atoms with Crippen molar-refractivity contribution in [3.8, 4) is 5.75 Å². The molecule has 1 rings (SSSR count). The van der Waals surface area contributed by atoms with Crippen LogP contribution < -0.4 is 10.1 Å². The maximum Gasteiger partial charge on any atom is 0.243 e. The van der Waals surface area contributed by atoms with Gasteiger partial charge in [-0.05, 0) is 36.6 Å². The zero-order chi connectivity index (χ0) is 15.8. The Hall–Kier alpha value is -2.04. The summed E-state index contributed by atoms with van der Waals surface area (Å²) in [6.45, 7) is 4.20. The minimum absolute atomic E-state index is 0.00594. The molecular formula is C16H24N2O3. The molecule has 5 nitrogen and oxygen atoms in total. The average molecular weight is 292 g/mol. The number of ether oxygens (including phenoxy) is 1. The van der Waals surface area contributed by atoms with E-state index in [1.807, 2.05) is 0 Å². The molecule has 5 heteroatoms. The Balaban J connectivity index is 2.43. The summed E-state index contributed by atoms with van der Waals surface area (Å²) in [5.74, 6) is 0.999. The number of anilines is 1. The van der Waals surface area contributed by atoms with Crippen LogP contribution in [0.3, 0.4) is 0 Å². The first-order valence-electron chi connectivity index (χ1n) is 7.10. The molecule has 1 aromatic rings.